The number of benzene rings is 4. The fourth-order valence-electron chi connectivity index (χ4n) is 4.22. The monoisotopic (exact) mass is 476 g/mol. The Balaban J connectivity index is 1.62. The molecule has 0 unspecified atom stereocenters. The summed E-state index contributed by atoms with van der Waals surface area (Å²) in [5.41, 5.74) is 5.13. The van der Waals surface area contributed by atoms with E-state index in [1.165, 1.54) is 5.56 Å². The first-order valence-corrected chi connectivity index (χ1v) is 12.3. The molecule has 0 heterocycles. The van der Waals surface area contributed by atoms with Crippen LogP contribution in [0.15, 0.2) is 115 Å². The number of aryl methyl sites for hydroxylation is 1. The van der Waals surface area contributed by atoms with Crippen molar-refractivity contribution in [3.8, 4) is 0 Å². The van der Waals surface area contributed by atoms with Gasteiger partial charge < -0.3 is 10.2 Å². The fourth-order valence-corrected chi connectivity index (χ4v) is 4.22. The van der Waals surface area contributed by atoms with Gasteiger partial charge in [0, 0.05) is 19.5 Å². The molecule has 4 heteroatoms. The zero-order valence-electron chi connectivity index (χ0n) is 20.6. The van der Waals surface area contributed by atoms with Gasteiger partial charge in [0.2, 0.25) is 11.8 Å². The number of hydrogen-bond acceptors (Lipinski definition) is 2. The number of hydrogen-bond donors (Lipinski definition) is 1. The average molecular weight is 477 g/mol. The van der Waals surface area contributed by atoms with Gasteiger partial charge in [0.15, 0.2) is 0 Å². The van der Waals surface area contributed by atoms with Crippen molar-refractivity contribution in [2.24, 2.45) is 0 Å². The Morgan fingerprint density at radius 2 is 1.19 bits per heavy atom. The highest BCUT2D eigenvalue weighted by molar-refractivity contribution is 5.88. The molecule has 4 aromatic rings. The summed E-state index contributed by atoms with van der Waals surface area (Å²) in [6.07, 6.45) is 0.679. The molecule has 4 aromatic carbocycles. The quantitative estimate of drug-likeness (QED) is 0.329. The largest absolute Gasteiger partial charge is 0.350 e. The normalized spacial score (nSPS) is 11.5. The topological polar surface area (TPSA) is 49.4 Å². The highest BCUT2D eigenvalue weighted by Gasteiger charge is 2.30. The van der Waals surface area contributed by atoms with Crippen LogP contribution in [-0.2, 0) is 35.5 Å². The zero-order valence-corrected chi connectivity index (χ0v) is 20.6. The average Bonchev–Trinajstić information content (AvgIpc) is 2.92. The summed E-state index contributed by atoms with van der Waals surface area (Å²) in [5.74, 6) is -0.228. The van der Waals surface area contributed by atoms with Crippen molar-refractivity contribution in [1.82, 2.24) is 10.2 Å². The predicted octanol–water partition coefficient (Wildman–Crippen LogP) is 5.49. The zero-order chi connectivity index (χ0) is 25.2. The Labute approximate surface area is 213 Å². The van der Waals surface area contributed by atoms with Crippen LogP contribution in [0.3, 0.4) is 0 Å². The van der Waals surface area contributed by atoms with Crippen LogP contribution < -0.4 is 5.32 Å². The summed E-state index contributed by atoms with van der Waals surface area (Å²) >= 11 is 0. The molecule has 0 bridgehead atoms. The van der Waals surface area contributed by atoms with Crippen LogP contribution in [0.25, 0.3) is 0 Å². The third kappa shape index (κ3) is 7.16. The lowest BCUT2D eigenvalue weighted by atomic mass is 10.0. The van der Waals surface area contributed by atoms with E-state index in [1.54, 1.807) is 4.90 Å². The van der Waals surface area contributed by atoms with Gasteiger partial charge in [-0.15, -0.1) is 0 Å². The van der Waals surface area contributed by atoms with E-state index in [4.69, 9.17) is 0 Å². The van der Waals surface area contributed by atoms with Gasteiger partial charge >= 0.3 is 0 Å². The molecule has 36 heavy (non-hydrogen) atoms. The molecule has 0 saturated heterocycles. The van der Waals surface area contributed by atoms with E-state index in [0.717, 1.165) is 22.3 Å². The van der Waals surface area contributed by atoms with E-state index in [-0.39, 0.29) is 18.2 Å². The van der Waals surface area contributed by atoms with Crippen molar-refractivity contribution >= 4 is 11.8 Å². The van der Waals surface area contributed by atoms with Crippen LogP contribution in [0, 0.1) is 6.92 Å². The number of amides is 2. The van der Waals surface area contributed by atoms with E-state index in [9.17, 15) is 9.59 Å². The smallest absolute Gasteiger partial charge is 0.243 e. The molecule has 0 aliphatic carbocycles. The third-order valence-corrected chi connectivity index (χ3v) is 6.25. The Morgan fingerprint density at radius 3 is 1.78 bits per heavy atom. The molecule has 0 spiro atoms. The molecule has 0 fully saturated rings. The summed E-state index contributed by atoms with van der Waals surface area (Å²) in [6, 6.07) is 36.9. The van der Waals surface area contributed by atoms with Gasteiger partial charge in [0.25, 0.3) is 0 Å². The van der Waals surface area contributed by atoms with Gasteiger partial charge in [-0.3, -0.25) is 9.59 Å². The predicted molar refractivity (Wildman–Crippen MR) is 144 cm³/mol. The van der Waals surface area contributed by atoms with E-state index in [2.05, 4.69) is 5.32 Å². The molecule has 0 radical (unpaired) electrons. The first kappa shape index (κ1) is 24.9. The van der Waals surface area contributed by atoms with Crippen LogP contribution in [0.2, 0.25) is 0 Å². The molecule has 2 amide bonds. The van der Waals surface area contributed by atoms with Crippen molar-refractivity contribution in [2.75, 3.05) is 0 Å². The van der Waals surface area contributed by atoms with Crippen molar-refractivity contribution in [3.63, 3.8) is 0 Å². The van der Waals surface area contributed by atoms with E-state index < -0.39 is 6.04 Å². The standard InChI is InChI=1S/C32H32N2O2/c1-25-17-19-28(20-18-25)23-33-32(36)30(21-26-11-5-2-6-12-26)34(24-29-15-9-4-10-16-29)31(35)22-27-13-7-3-8-14-27/h2-20,30H,21-24H2,1H3,(H,33,36)/t30-/m1/s1. The van der Waals surface area contributed by atoms with Gasteiger partial charge in [-0.25, -0.2) is 0 Å². The first-order valence-electron chi connectivity index (χ1n) is 12.3. The number of nitrogens with zero attached hydrogens (tertiary/aromatic N) is 1. The van der Waals surface area contributed by atoms with Crippen LogP contribution in [0.5, 0.6) is 0 Å². The van der Waals surface area contributed by atoms with Crippen LogP contribution in [-0.4, -0.2) is 22.8 Å². The maximum Gasteiger partial charge on any atom is 0.243 e. The molecule has 4 nitrogen and oxygen atoms in total. The minimum Gasteiger partial charge on any atom is -0.350 e. The fraction of sp³-hybridized carbons (Fsp3) is 0.188. The lowest BCUT2D eigenvalue weighted by Gasteiger charge is -2.31. The minimum atomic E-state index is -0.644. The number of carbonyl (C=O) groups is 2. The van der Waals surface area contributed by atoms with Crippen molar-refractivity contribution < 1.29 is 9.59 Å². The van der Waals surface area contributed by atoms with Crippen LogP contribution in [0.1, 0.15) is 27.8 Å². The maximum absolute atomic E-state index is 13.7. The molecular formula is C32H32N2O2. The molecule has 0 aliphatic rings. The SMILES string of the molecule is Cc1ccc(CNC(=O)[C@@H](Cc2ccccc2)N(Cc2ccccc2)C(=O)Cc2ccccc2)cc1. The van der Waals surface area contributed by atoms with E-state index >= 15 is 0 Å². The molecule has 0 saturated carbocycles. The Kier molecular flexibility index (Phi) is 8.66. The van der Waals surface area contributed by atoms with E-state index in [1.807, 2.05) is 122 Å². The molecule has 1 atom stereocenters. The molecular weight excluding hydrogens is 444 g/mol. The maximum atomic E-state index is 13.7. The second kappa shape index (κ2) is 12.5. The van der Waals surface area contributed by atoms with Gasteiger partial charge in [-0.1, -0.05) is 121 Å². The summed E-state index contributed by atoms with van der Waals surface area (Å²) in [5, 5.41) is 3.09. The minimum absolute atomic E-state index is 0.0727. The van der Waals surface area contributed by atoms with Gasteiger partial charge in [0.1, 0.15) is 6.04 Å². The lowest BCUT2D eigenvalue weighted by molar-refractivity contribution is -0.140. The Bertz CT molecular complexity index is 1240. The second-order valence-corrected chi connectivity index (χ2v) is 9.08. The summed E-state index contributed by atoms with van der Waals surface area (Å²) in [7, 11) is 0. The van der Waals surface area contributed by atoms with Crippen molar-refractivity contribution in [3.05, 3.63) is 143 Å². The van der Waals surface area contributed by atoms with E-state index in [0.29, 0.717) is 19.5 Å². The van der Waals surface area contributed by atoms with Gasteiger partial charge in [-0.05, 0) is 29.2 Å². The summed E-state index contributed by atoms with van der Waals surface area (Å²) in [4.78, 5) is 29.1. The molecule has 1 N–H and O–H groups in total. The summed E-state index contributed by atoms with van der Waals surface area (Å²) in [6.45, 7) is 2.82. The first-order chi connectivity index (χ1) is 17.6. The number of rotatable bonds is 10. The highest BCUT2D eigenvalue weighted by atomic mass is 16.2. The molecule has 0 aliphatic heterocycles. The van der Waals surface area contributed by atoms with Crippen molar-refractivity contribution in [2.45, 2.75) is 38.9 Å². The van der Waals surface area contributed by atoms with Crippen molar-refractivity contribution in [1.29, 1.82) is 0 Å². The molecule has 0 aromatic heterocycles. The van der Waals surface area contributed by atoms with Crippen LogP contribution >= 0.6 is 0 Å². The van der Waals surface area contributed by atoms with Crippen LogP contribution in [0.4, 0.5) is 0 Å². The molecule has 182 valence electrons. The second-order valence-electron chi connectivity index (χ2n) is 9.08. The Hall–Kier alpha value is -4.18. The number of nitrogens with one attached hydrogen (secondary N) is 1. The van der Waals surface area contributed by atoms with Gasteiger partial charge in [0.05, 0.1) is 6.42 Å². The number of carbonyl (C=O) groups excluding carboxylic acids is 2. The Morgan fingerprint density at radius 1 is 0.667 bits per heavy atom. The van der Waals surface area contributed by atoms with Gasteiger partial charge in [-0.2, -0.15) is 0 Å². The molecule has 4 rings (SSSR count). The lowest BCUT2D eigenvalue weighted by Crippen LogP contribution is -2.50. The summed E-state index contributed by atoms with van der Waals surface area (Å²) < 4.78 is 0. The third-order valence-electron chi connectivity index (χ3n) is 6.25. The highest BCUT2D eigenvalue weighted by Crippen LogP contribution is 2.17.